The maximum atomic E-state index is 13.7. The van der Waals surface area contributed by atoms with Gasteiger partial charge in [-0.05, 0) is 150 Å². The van der Waals surface area contributed by atoms with Crippen molar-refractivity contribution in [2.75, 3.05) is 118 Å². The van der Waals surface area contributed by atoms with Crippen LogP contribution in [0, 0.1) is 13.8 Å². The molecule has 6 N–H and O–H groups in total. The summed E-state index contributed by atoms with van der Waals surface area (Å²) in [5, 5.41) is 16.1. The first-order valence-electron chi connectivity index (χ1n) is 36.3. The van der Waals surface area contributed by atoms with Crippen molar-refractivity contribution in [1.82, 2.24) is 91.2 Å². The van der Waals surface area contributed by atoms with Crippen molar-refractivity contribution in [3.63, 3.8) is 0 Å². The Morgan fingerprint density at radius 3 is 0.848 bits per heavy atom. The molecule has 6 aromatic heterocycles. The van der Waals surface area contributed by atoms with Gasteiger partial charge in [0, 0.05) is 155 Å². The maximum absolute atomic E-state index is 13.7. The molecule has 0 radical (unpaired) electrons. The van der Waals surface area contributed by atoms with Crippen molar-refractivity contribution >= 4 is 82.8 Å². The highest BCUT2D eigenvalue weighted by molar-refractivity contribution is 5.97. The van der Waals surface area contributed by atoms with E-state index in [-0.39, 0.29) is 114 Å². The van der Waals surface area contributed by atoms with Crippen LogP contribution in [0.5, 0.6) is 0 Å². The average Bonchev–Trinajstić information content (AvgIpc) is 0.470. The van der Waals surface area contributed by atoms with Gasteiger partial charge in [-0.15, -0.1) is 0 Å². The molecule has 0 aliphatic heterocycles. The lowest BCUT2D eigenvalue weighted by Gasteiger charge is -2.26. The molecule has 0 aliphatic rings. The molecule has 112 heavy (non-hydrogen) atoms. The first kappa shape index (κ1) is 88.4. The van der Waals surface area contributed by atoms with Crippen LogP contribution in [0.4, 0.5) is 0 Å². The average molecular weight is 1550 g/mol. The van der Waals surface area contributed by atoms with Gasteiger partial charge in [0.1, 0.15) is 24.3 Å². The number of aromatic nitrogens is 6. The predicted molar refractivity (Wildman–Crippen MR) is 410 cm³/mol. The van der Waals surface area contributed by atoms with Gasteiger partial charge in [0.05, 0.1) is 73.2 Å². The van der Waals surface area contributed by atoms with Crippen LogP contribution in [0.1, 0.15) is 112 Å². The number of esters is 2. The number of pyridine rings is 6. The fourth-order valence-electron chi connectivity index (χ4n) is 10.9. The molecule has 0 aliphatic carbocycles. The normalized spacial score (nSPS) is 11.0. The van der Waals surface area contributed by atoms with E-state index in [2.05, 4.69) is 61.8 Å². The first-order chi connectivity index (χ1) is 53.0. The van der Waals surface area contributed by atoms with Gasteiger partial charge in [-0.1, -0.05) is 0 Å². The fraction of sp³-hybridized carbons (Fsp3) is 0.436. The highest BCUT2D eigenvalue weighted by atomic mass is 16.6. The Kier molecular flexibility index (Phi) is 34.0. The molecular weight excluding hydrogens is 1440 g/mol. The van der Waals surface area contributed by atoms with Gasteiger partial charge in [0.25, 0.3) is 11.8 Å². The standard InChI is InChI=1S/C78H100N18O16/c1-51-13-19-79-61(37-51)63-39-57(15-21-81-63)41-71(105)95(49-73(107)111-77(7,8)9)35-27-87-69(103)45-91(53(3)97)31-25-85-67(101)47-93(55(5)99)33-29-89-75(109)59-17-23-83-65(43-59)66-44-60(18-24-84-66)76(110)90-30-34-94(56(6)100)48-68(102)86-26-32-92(54(4)98)46-70(104)88-28-36-96(50-74(108)112-78(10,11)12)72(106)42-58-16-22-82-64(40-58)62-38-52(2)14-20-80-62/h13-24,37-40,43-44H,25-36,41-42,45-50H2,1-12H3,(H,85,101)(H,86,102)(H,87,103)(H,88,104)(H,89,109)(H,90,110). The molecule has 0 bridgehead atoms. The molecule has 6 aromatic rings. The van der Waals surface area contributed by atoms with Crippen LogP contribution in [0.25, 0.3) is 34.2 Å². The zero-order valence-corrected chi connectivity index (χ0v) is 65.4. The Labute approximate surface area is 650 Å². The minimum absolute atomic E-state index is 0.0727. The number of hydrogen-bond donors (Lipinski definition) is 6. The fourth-order valence-corrected chi connectivity index (χ4v) is 10.9. The lowest BCUT2D eigenvalue weighted by atomic mass is 10.1. The van der Waals surface area contributed by atoms with Crippen molar-refractivity contribution in [2.24, 2.45) is 0 Å². The zero-order valence-electron chi connectivity index (χ0n) is 65.4. The molecule has 0 fully saturated rings. The predicted octanol–water partition coefficient (Wildman–Crippen LogP) is 1.82. The van der Waals surface area contributed by atoms with Gasteiger partial charge in [0.15, 0.2) is 0 Å². The summed E-state index contributed by atoms with van der Waals surface area (Å²) in [5.41, 5.74) is 4.68. The highest BCUT2D eigenvalue weighted by Crippen LogP contribution is 2.21. The number of carbonyl (C=O) groups is 14. The molecular formula is C78H100N18O16. The minimum Gasteiger partial charge on any atom is -0.459 e. The van der Waals surface area contributed by atoms with Gasteiger partial charge >= 0.3 is 11.9 Å². The van der Waals surface area contributed by atoms with E-state index >= 15 is 0 Å². The van der Waals surface area contributed by atoms with Crippen LogP contribution in [0.15, 0.2) is 110 Å². The van der Waals surface area contributed by atoms with Crippen molar-refractivity contribution in [1.29, 1.82) is 0 Å². The van der Waals surface area contributed by atoms with Crippen molar-refractivity contribution in [3.8, 4) is 34.2 Å². The summed E-state index contributed by atoms with van der Waals surface area (Å²) in [7, 11) is 0. The van der Waals surface area contributed by atoms with Gasteiger partial charge in [-0.3, -0.25) is 97.0 Å². The number of aryl methyl sites for hydroxylation is 2. The minimum atomic E-state index is -0.826. The topological polar surface area (TPSA) is 426 Å². The second-order valence-corrected chi connectivity index (χ2v) is 28.2. The van der Waals surface area contributed by atoms with E-state index in [1.807, 2.05) is 38.1 Å². The second kappa shape index (κ2) is 43.0. The summed E-state index contributed by atoms with van der Waals surface area (Å²) < 4.78 is 11.0. The number of rotatable bonds is 39. The molecule has 34 nitrogen and oxygen atoms in total. The summed E-state index contributed by atoms with van der Waals surface area (Å²) >= 11 is 0. The third-order valence-electron chi connectivity index (χ3n) is 16.5. The number of nitrogens with zero attached hydrogens (tertiary/aromatic N) is 12. The Hall–Kier alpha value is -12.5. The number of hydrogen-bond acceptors (Lipinski definition) is 22. The van der Waals surface area contributed by atoms with E-state index in [1.165, 1.54) is 93.8 Å². The van der Waals surface area contributed by atoms with Crippen LogP contribution in [-0.2, 0) is 79.8 Å². The molecule has 598 valence electrons. The van der Waals surface area contributed by atoms with Crippen molar-refractivity contribution in [3.05, 3.63) is 143 Å². The van der Waals surface area contributed by atoms with E-state index < -0.39 is 133 Å². The highest BCUT2D eigenvalue weighted by Gasteiger charge is 2.27. The molecule has 0 atom stereocenters. The molecule has 0 spiro atoms. The van der Waals surface area contributed by atoms with Crippen molar-refractivity contribution in [2.45, 2.75) is 107 Å². The summed E-state index contributed by atoms with van der Waals surface area (Å²) in [4.78, 5) is 217. The Morgan fingerprint density at radius 1 is 0.321 bits per heavy atom. The number of nitrogens with one attached hydrogen (secondary N) is 6. The molecule has 34 heteroatoms. The quantitative estimate of drug-likeness (QED) is 0.0300. The molecule has 0 aromatic carbocycles. The van der Waals surface area contributed by atoms with E-state index in [0.717, 1.165) is 11.1 Å². The zero-order chi connectivity index (χ0) is 82.2. The third-order valence-corrected chi connectivity index (χ3v) is 16.5. The van der Waals surface area contributed by atoms with Crippen molar-refractivity contribution < 1.29 is 76.6 Å². The number of carbonyl (C=O) groups excluding carboxylic acids is 14. The first-order valence-corrected chi connectivity index (χ1v) is 36.3. The van der Waals surface area contributed by atoms with Gasteiger partial charge in [0.2, 0.25) is 59.1 Å². The van der Waals surface area contributed by atoms with Crippen LogP contribution in [0.2, 0.25) is 0 Å². The van der Waals surface area contributed by atoms with Crippen LogP contribution >= 0.6 is 0 Å². The largest absolute Gasteiger partial charge is 0.459 e. The molecule has 12 amide bonds. The van der Waals surface area contributed by atoms with E-state index in [1.54, 1.807) is 90.6 Å². The van der Waals surface area contributed by atoms with Crippen LogP contribution in [0.3, 0.4) is 0 Å². The maximum Gasteiger partial charge on any atom is 0.326 e. The van der Waals surface area contributed by atoms with Crippen LogP contribution in [-0.4, -0.2) is 271 Å². The third kappa shape index (κ3) is 31.6. The molecule has 6 heterocycles. The van der Waals surface area contributed by atoms with E-state index in [9.17, 15) is 67.1 Å². The number of amides is 12. The Balaban J connectivity index is 0.899. The SMILES string of the molecule is CC(=O)N(CCNC(=O)CN(CCNC(=O)c1ccnc(-c2cc(C(=O)NCCN(CC(=O)NCCN(CC(=O)NCCN(CC(=O)OC(C)(C)C)C(=O)Cc3ccnc(-c4cc(C)ccn4)c3)C(C)=O)C(C)=O)ccn2)c1)C(C)=O)CC(=O)NCCN(CC(=O)OC(C)(C)C)C(=O)Cc1ccnc(-c2cc(C)ccn2)c1. The van der Waals surface area contributed by atoms with Gasteiger partial charge in [-0.2, -0.15) is 0 Å². The monoisotopic (exact) mass is 1540 g/mol. The summed E-state index contributed by atoms with van der Waals surface area (Å²) in [6, 6.07) is 20.1. The van der Waals surface area contributed by atoms with E-state index in [0.29, 0.717) is 33.9 Å². The molecule has 0 saturated heterocycles. The second-order valence-electron chi connectivity index (χ2n) is 28.2. The van der Waals surface area contributed by atoms with E-state index in [4.69, 9.17) is 9.47 Å². The Morgan fingerprint density at radius 2 is 0.571 bits per heavy atom. The number of ether oxygens (including phenoxy) is 2. The lowest BCUT2D eigenvalue weighted by molar-refractivity contribution is -0.159. The smallest absolute Gasteiger partial charge is 0.326 e. The molecule has 0 saturated carbocycles. The lowest BCUT2D eigenvalue weighted by Crippen LogP contribution is -2.47. The van der Waals surface area contributed by atoms with Gasteiger partial charge < -0.3 is 70.8 Å². The van der Waals surface area contributed by atoms with Crippen LogP contribution < -0.4 is 31.9 Å². The molecule has 0 unspecified atom stereocenters. The summed E-state index contributed by atoms with van der Waals surface area (Å²) in [6.07, 6.45) is 9.00. The summed E-state index contributed by atoms with van der Waals surface area (Å²) in [6.45, 7) is 15.7. The Bertz CT molecular complexity index is 4100. The van der Waals surface area contributed by atoms with Gasteiger partial charge in [-0.25, -0.2) is 0 Å². The molecule has 6 rings (SSSR count). The summed E-state index contributed by atoms with van der Waals surface area (Å²) in [5.74, 6) is -7.48.